The lowest BCUT2D eigenvalue weighted by Crippen LogP contribution is -2.05. The Morgan fingerprint density at radius 2 is 1.82 bits per heavy atom. The van der Waals surface area contributed by atoms with E-state index in [0.29, 0.717) is 18.2 Å². The maximum atomic E-state index is 11.9. The van der Waals surface area contributed by atoms with Gasteiger partial charge in [0.2, 0.25) is 5.90 Å². The zero-order valence-electron chi connectivity index (χ0n) is 12.2. The normalized spacial score (nSPS) is 15.6. The summed E-state index contributed by atoms with van der Waals surface area (Å²) < 4.78 is 10.6. The average molecular weight is 293 g/mol. The first-order valence-electron chi connectivity index (χ1n) is 7.07. The maximum absolute atomic E-state index is 11.9. The molecule has 0 aromatic heterocycles. The Bertz CT molecular complexity index is 731. The summed E-state index contributed by atoms with van der Waals surface area (Å²) in [5.74, 6) is 0.652. The van der Waals surface area contributed by atoms with Crippen LogP contribution in [0.2, 0.25) is 0 Å². The number of nitrogens with zero attached hydrogens (tertiary/aromatic N) is 1. The minimum atomic E-state index is -0.437. The molecule has 4 heteroatoms. The molecule has 22 heavy (non-hydrogen) atoms. The van der Waals surface area contributed by atoms with Crippen LogP contribution in [0.15, 0.2) is 65.3 Å². The second-order valence-electron chi connectivity index (χ2n) is 4.70. The van der Waals surface area contributed by atoms with Crippen LogP contribution in [0.25, 0.3) is 6.08 Å². The molecule has 0 N–H and O–H groups in total. The van der Waals surface area contributed by atoms with Crippen LogP contribution in [0.4, 0.5) is 0 Å². The SMILES string of the molecule is CCOc1ccc(C2=N/C(=C/c3ccccc3)C(=O)O2)cc1. The van der Waals surface area contributed by atoms with Gasteiger partial charge in [-0.3, -0.25) is 0 Å². The van der Waals surface area contributed by atoms with E-state index in [1.54, 1.807) is 6.08 Å². The lowest BCUT2D eigenvalue weighted by Gasteiger charge is -2.03. The Morgan fingerprint density at radius 1 is 1.09 bits per heavy atom. The van der Waals surface area contributed by atoms with Gasteiger partial charge in [-0.05, 0) is 42.8 Å². The highest BCUT2D eigenvalue weighted by molar-refractivity contribution is 6.12. The highest BCUT2D eigenvalue weighted by atomic mass is 16.6. The van der Waals surface area contributed by atoms with Crippen molar-refractivity contribution in [2.45, 2.75) is 6.92 Å². The Morgan fingerprint density at radius 3 is 2.50 bits per heavy atom. The molecule has 2 aromatic carbocycles. The third-order valence-electron chi connectivity index (χ3n) is 3.14. The number of rotatable bonds is 4. The summed E-state index contributed by atoms with van der Waals surface area (Å²) in [7, 11) is 0. The van der Waals surface area contributed by atoms with Crippen LogP contribution in [0.1, 0.15) is 18.1 Å². The average Bonchev–Trinajstić information content (AvgIpc) is 2.90. The van der Waals surface area contributed by atoms with Gasteiger partial charge in [0.15, 0.2) is 5.70 Å². The number of benzene rings is 2. The number of hydrogen-bond donors (Lipinski definition) is 0. The van der Waals surface area contributed by atoms with Crippen molar-refractivity contribution in [2.75, 3.05) is 6.61 Å². The van der Waals surface area contributed by atoms with E-state index in [1.165, 1.54) is 0 Å². The quantitative estimate of drug-likeness (QED) is 0.641. The van der Waals surface area contributed by atoms with E-state index in [9.17, 15) is 4.79 Å². The summed E-state index contributed by atoms with van der Waals surface area (Å²) in [5.41, 5.74) is 1.95. The van der Waals surface area contributed by atoms with E-state index in [2.05, 4.69) is 4.99 Å². The minimum Gasteiger partial charge on any atom is -0.494 e. The molecule has 0 spiro atoms. The molecular weight excluding hydrogens is 278 g/mol. The molecule has 0 unspecified atom stereocenters. The van der Waals surface area contributed by atoms with Crippen LogP contribution < -0.4 is 4.74 Å². The zero-order chi connectivity index (χ0) is 15.4. The molecule has 0 atom stereocenters. The second kappa shape index (κ2) is 6.26. The van der Waals surface area contributed by atoms with Gasteiger partial charge in [-0.25, -0.2) is 9.79 Å². The lowest BCUT2D eigenvalue weighted by molar-refractivity contribution is -0.129. The number of esters is 1. The van der Waals surface area contributed by atoms with Crippen LogP contribution in [0.5, 0.6) is 5.75 Å². The number of ether oxygens (including phenoxy) is 2. The van der Waals surface area contributed by atoms with E-state index >= 15 is 0 Å². The first-order chi connectivity index (χ1) is 10.8. The third kappa shape index (κ3) is 3.06. The maximum Gasteiger partial charge on any atom is 0.363 e. The molecule has 1 aliphatic heterocycles. The largest absolute Gasteiger partial charge is 0.494 e. The van der Waals surface area contributed by atoms with Gasteiger partial charge in [0.1, 0.15) is 5.75 Å². The van der Waals surface area contributed by atoms with Gasteiger partial charge in [-0.15, -0.1) is 0 Å². The second-order valence-corrected chi connectivity index (χ2v) is 4.70. The van der Waals surface area contributed by atoms with Crippen LogP contribution >= 0.6 is 0 Å². The van der Waals surface area contributed by atoms with Crippen molar-refractivity contribution in [2.24, 2.45) is 4.99 Å². The molecule has 1 heterocycles. The molecule has 110 valence electrons. The molecule has 4 nitrogen and oxygen atoms in total. The molecular formula is C18H15NO3. The monoisotopic (exact) mass is 293 g/mol. The van der Waals surface area contributed by atoms with Gasteiger partial charge in [-0.2, -0.15) is 0 Å². The van der Waals surface area contributed by atoms with Crippen LogP contribution in [0, 0.1) is 0 Å². The summed E-state index contributed by atoms with van der Waals surface area (Å²) in [6.45, 7) is 2.54. The van der Waals surface area contributed by atoms with E-state index in [1.807, 2.05) is 61.5 Å². The summed E-state index contributed by atoms with van der Waals surface area (Å²) in [4.78, 5) is 16.2. The predicted octanol–water partition coefficient (Wildman–Crippen LogP) is 3.43. The van der Waals surface area contributed by atoms with Crippen molar-refractivity contribution < 1.29 is 14.3 Å². The van der Waals surface area contributed by atoms with Crippen LogP contribution in [0.3, 0.4) is 0 Å². The van der Waals surface area contributed by atoms with Crippen LogP contribution in [-0.2, 0) is 9.53 Å². The van der Waals surface area contributed by atoms with E-state index < -0.39 is 5.97 Å². The molecule has 3 rings (SSSR count). The Hall–Kier alpha value is -2.88. The van der Waals surface area contributed by atoms with Gasteiger partial charge >= 0.3 is 5.97 Å². The van der Waals surface area contributed by atoms with Gasteiger partial charge in [0.05, 0.1) is 6.61 Å². The summed E-state index contributed by atoms with van der Waals surface area (Å²) in [5, 5.41) is 0. The van der Waals surface area contributed by atoms with Crippen molar-refractivity contribution in [3.8, 4) is 5.75 Å². The van der Waals surface area contributed by atoms with Crippen molar-refractivity contribution in [3.05, 3.63) is 71.4 Å². The number of aliphatic imine (C=N–C) groups is 1. The first-order valence-corrected chi connectivity index (χ1v) is 7.07. The fourth-order valence-corrected chi connectivity index (χ4v) is 2.10. The van der Waals surface area contributed by atoms with Gasteiger partial charge < -0.3 is 9.47 Å². The van der Waals surface area contributed by atoms with Crippen LogP contribution in [-0.4, -0.2) is 18.5 Å². The third-order valence-corrected chi connectivity index (χ3v) is 3.14. The predicted molar refractivity (Wildman–Crippen MR) is 84.7 cm³/mol. The minimum absolute atomic E-state index is 0.301. The molecule has 0 saturated carbocycles. The van der Waals surface area contributed by atoms with E-state index in [4.69, 9.17) is 9.47 Å². The number of carbonyl (C=O) groups excluding carboxylic acids is 1. The smallest absolute Gasteiger partial charge is 0.363 e. The van der Waals surface area contributed by atoms with Gasteiger partial charge in [-0.1, -0.05) is 30.3 Å². The highest BCUT2D eigenvalue weighted by Gasteiger charge is 2.24. The van der Waals surface area contributed by atoms with Gasteiger partial charge in [0, 0.05) is 5.56 Å². The summed E-state index contributed by atoms with van der Waals surface area (Å²) >= 11 is 0. The standard InChI is InChI=1S/C18H15NO3/c1-2-21-15-10-8-14(9-11-15)17-19-16(18(20)22-17)12-13-6-4-3-5-7-13/h3-12H,2H2,1H3/b16-12+. The number of carbonyl (C=O) groups is 1. The van der Waals surface area contributed by atoms with Gasteiger partial charge in [0.25, 0.3) is 0 Å². The molecule has 0 saturated heterocycles. The molecule has 0 amide bonds. The summed E-state index contributed by atoms with van der Waals surface area (Å²) in [6.07, 6.45) is 1.71. The van der Waals surface area contributed by atoms with E-state index in [-0.39, 0.29) is 0 Å². The topological polar surface area (TPSA) is 47.9 Å². The fraction of sp³-hybridized carbons (Fsp3) is 0.111. The molecule has 0 radical (unpaired) electrons. The fourth-order valence-electron chi connectivity index (χ4n) is 2.10. The molecule has 1 aliphatic rings. The number of hydrogen-bond acceptors (Lipinski definition) is 4. The highest BCUT2D eigenvalue weighted by Crippen LogP contribution is 2.20. The molecule has 0 bridgehead atoms. The molecule has 0 aliphatic carbocycles. The summed E-state index contributed by atoms with van der Waals surface area (Å²) in [6, 6.07) is 16.8. The molecule has 2 aromatic rings. The van der Waals surface area contributed by atoms with Crippen molar-refractivity contribution in [3.63, 3.8) is 0 Å². The van der Waals surface area contributed by atoms with E-state index in [0.717, 1.165) is 16.9 Å². The van der Waals surface area contributed by atoms with Crippen molar-refractivity contribution >= 4 is 17.9 Å². The Labute approximate surface area is 128 Å². The zero-order valence-corrected chi connectivity index (χ0v) is 12.2. The Kier molecular flexibility index (Phi) is 4.01. The molecule has 0 fully saturated rings. The number of cyclic esters (lactones) is 1. The van der Waals surface area contributed by atoms with Crippen molar-refractivity contribution in [1.82, 2.24) is 0 Å². The van der Waals surface area contributed by atoms with Crippen molar-refractivity contribution in [1.29, 1.82) is 0 Å². The lowest BCUT2D eigenvalue weighted by atomic mass is 10.2. The Balaban J connectivity index is 1.85. The first kappa shape index (κ1) is 14.1.